The van der Waals surface area contributed by atoms with Crippen molar-refractivity contribution < 1.29 is 13.5 Å². The number of aryl methyl sites for hydroxylation is 1. The summed E-state index contributed by atoms with van der Waals surface area (Å²) in [6.07, 6.45) is 2.42. The van der Waals surface area contributed by atoms with Gasteiger partial charge in [-0.3, -0.25) is 4.68 Å². The second-order valence-corrected chi connectivity index (χ2v) is 5.62. The van der Waals surface area contributed by atoms with Gasteiger partial charge in [-0.2, -0.15) is 5.10 Å². The van der Waals surface area contributed by atoms with Gasteiger partial charge in [0.15, 0.2) is 11.6 Å². The largest absolute Gasteiger partial charge is 0.372 e. The van der Waals surface area contributed by atoms with Gasteiger partial charge in [-0.15, -0.1) is 0 Å². The highest BCUT2D eigenvalue weighted by Crippen LogP contribution is 2.30. The summed E-state index contributed by atoms with van der Waals surface area (Å²) in [7, 11) is 1.90. The molecular formula is C16H19F2N3O. The molecule has 1 N–H and O–H groups in total. The highest BCUT2D eigenvalue weighted by molar-refractivity contribution is 5.23. The van der Waals surface area contributed by atoms with Crippen LogP contribution in [-0.4, -0.2) is 22.4 Å². The predicted octanol–water partition coefficient (Wildman–Crippen LogP) is 2.63. The number of rotatable bonds is 4. The van der Waals surface area contributed by atoms with Gasteiger partial charge in [0.2, 0.25) is 0 Å². The Morgan fingerprint density at radius 2 is 2.18 bits per heavy atom. The molecular weight excluding hydrogens is 288 g/mol. The van der Waals surface area contributed by atoms with Gasteiger partial charge in [-0.05, 0) is 31.0 Å². The minimum absolute atomic E-state index is 0.0736. The fourth-order valence-corrected chi connectivity index (χ4v) is 2.78. The van der Waals surface area contributed by atoms with Crippen LogP contribution in [0.3, 0.4) is 0 Å². The molecule has 3 rings (SSSR count). The SMILES string of the molecule is Cc1c(CN[C@@H]2CCO[C@H]2c2ccc(F)c(F)c2)cnn1C. The summed E-state index contributed by atoms with van der Waals surface area (Å²) in [6, 6.07) is 4.02. The Labute approximate surface area is 128 Å². The van der Waals surface area contributed by atoms with E-state index >= 15 is 0 Å². The normalized spacial score (nSPS) is 21.5. The van der Waals surface area contributed by atoms with Crippen molar-refractivity contribution >= 4 is 0 Å². The zero-order chi connectivity index (χ0) is 15.7. The molecule has 0 bridgehead atoms. The number of ether oxygens (including phenoxy) is 1. The van der Waals surface area contributed by atoms with Gasteiger partial charge in [-0.1, -0.05) is 6.07 Å². The summed E-state index contributed by atoms with van der Waals surface area (Å²) in [5.74, 6) is -1.67. The predicted molar refractivity (Wildman–Crippen MR) is 78.2 cm³/mol. The van der Waals surface area contributed by atoms with Crippen LogP contribution >= 0.6 is 0 Å². The van der Waals surface area contributed by atoms with E-state index in [1.54, 1.807) is 6.07 Å². The minimum atomic E-state index is -0.838. The standard InChI is InChI=1S/C16H19F2N3O/c1-10-12(9-20-21(10)2)8-19-15-5-6-22-16(15)11-3-4-13(17)14(18)7-11/h3-4,7,9,15-16,19H,5-6,8H2,1-2H3/t15-,16+/m1/s1. The van der Waals surface area contributed by atoms with Crippen LogP contribution in [0.5, 0.6) is 0 Å². The van der Waals surface area contributed by atoms with Gasteiger partial charge in [-0.25, -0.2) is 8.78 Å². The van der Waals surface area contributed by atoms with Gasteiger partial charge >= 0.3 is 0 Å². The third-order valence-corrected chi connectivity index (χ3v) is 4.26. The fourth-order valence-electron chi connectivity index (χ4n) is 2.78. The lowest BCUT2D eigenvalue weighted by Gasteiger charge is -2.20. The maximum atomic E-state index is 13.4. The van der Waals surface area contributed by atoms with Crippen LogP contribution in [0.15, 0.2) is 24.4 Å². The maximum absolute atomic E-state index is 13.4. The van der Waals surface area contributed by atoms with E-state index in [1.165, 1.54) is 6.07 Å². The lowest BCUT2D eigenvalue weighted by Crippen LogP contribution is -2.31. The van der Waals surface area contributed by atoms with E-state index < -0.39 is 11.6 Å². The van der Waals surface area contributed by atoms with Crippen molar-refractivity contribution in [2.24, 2.45) is 7.05 Å². The molecule has 1 saturated heterocycles. The zero-order valence-corrected chi connectivity index (χ0v) is 12.6. The van der Waals surface area contributed by atoms with Crippen LogP contribution in [-0.2, 0) is 18.3 Å². The smallest absolute Gasteiger partial charge is 0.159 e. The van der Waals surface area contributed by atoms with E-state index in [0.29, 0.717) is 18.7 Å². The molecule has 1 aromatic heterocycles. The molecule has 0 unspecified atom stereocenters. The van der Waals surface area contributed by atoms with E-state index in [9.17, 15) is 8.78 Å². The highest BCUT2D eigenvalue weighted by atomic mass is 19.2. The van der Waals surface area contributed by atoms with E-state index in [0.717, 1.165) is 23.7 Å². The van der Waals surface area contributed by atoms with Gasteiger partial charge < -0.3 is 10.1 Å². The first kappa shape index (κ1) is 15.1. The molecule has 0 saturated carbocycles. The summed E-state index contributed by atoms with van der Waals surface area (Å²) in [4.78, 5) is 0. The Morgan fingerprint density at radius 3 is 2.86 bits per heavy atom. The van der Waals surface area contributed by atoms with Gasteiger partial charge in [0.25, 0.3) is 0 Å². The van der Waals surface area contributed by atoms with Crippen LogP contribution in [0, 0.1) is 18.6 Å². The highest BCUT2D eigenvalue weighted by Gasteiger charge is 2.30. The Kier molecular flexibility index (Phi) is 4.22. The Hall–Kier alpha value is -1.79. The Morgan fingerprint density at radius 1 is 1.36 bits per heavy atom. The average Bonchev–Trinajstić information content (AvgIpc) is 3.09. The van der Waals surface area contributed by atoms with Crippen LogP contribution < -0.4 is 5.32 Å². The second-order valence-electron chi connectivity index (χ2n) is 5.62. The summed E-state index contributed by atoms with van der Waals surface area (Å²) in [5.41, 5.74) is 2.89. The molecule has 0 amide bonds. The maximum Gasteiger partial charge on any atom is 0.159 e. The van der Waals surface area contributed by atoms with Gasteiger partial charge in [0.1, 0.15) is 0 Å². The summed E-state index contributed by atoms with van der Waals surface area (Å²) in [6.45, 7) is 3.29. The van der Waals surface area contributed by atoms with E-state index in [2.05, 4.69) is 10.4 Å². The molecule has 118 valence electrons. The van der Waals surface area contributed by atoms with Crippen molar-refractivity contribution in [1.82, 2.24) is 15.1 Å². The van der Waals surface area contributed by atoms with Crippen molar-refractivity contribution in [2.45, 2.75) is 32.0 Å². The van der Waals surface area contributed by atoms with E-state index in [-0.39, 0.29) is 12.1 Å². The first-order chi connectivity index (χ1) is 10.6. The summed E-state index contributed by atoms with van der Waals surface area (Å²) in [5, 5.41) is 7.65. The monoisotopic (exact) mass is 307 g/mol. The number of aromatic nitrogens is 2. The van der Waals surface area contributed by atoms with Crippen LogP contribution in [0.25, 0.3) is 0 Å². The van der Waals surface area contributed by atoms with Crippen molar-refractivity contribution in [3.8, 4) is 0 Å². The molecule has 6 heteroatoms. The van der Waals surface area contributed by atoms with Crippen molar-refractivity contribution in [3.63, 3.8) is 0 Å². The van der Waals surface area contributed by atoms with Crippen LogP contribution in [0.1, 0.15) is 29.3 Å². The molecule has 1 aliphatic rings. The van der Waals surface area contributed by atoms with E-state index in [4.69, 9.17) is 4.74 Å². The molecule has 2 heterocycles. The third-order valence-electron chi connectivity index (χ3n) is 4.26. The molecule has 1 aromatic carbocycles. The van der Waals surface area contributed by atoms with E-state index in [1.807, 2.05) is 24.9 Å². The summed E-state index contributed by atoms with van der Waals surface area (Å²) >= 11 is 0. The van der Waals surface area contributed by atoms with Gasteiger partial charge in [0.05, 0.1) is 12.3 Å². The minimum Gasteiger partial charge on any atom is -0.372 e. The lowest BCUT2D eigenvalue weighted by molar-refractivity contribution is 0.0981. The molecule has 0 aliphatic carbocycles. The molecule has 1 fully saturated rings. The van der Waals surface area contributed by atoms with Crippen molar-refractivity contribution in [3.05, 3.63) is 52.9 Å². The second kappa shape index (κ2) is 6.14. The third kappa shape index (κ3) is 2.89. The average molecular weight is 307 g/mol. The molecule has 0 radical (unpaired) electrons. The molecule has 1 aliphatic heterocycles. The Bertz CT molecular complexity index is 671. The quantitative estimate of drug-likeness (QED) is 0.944. The number of hydrogen-bond acceptors (Lipinski definition) is 3. The molecule has 4 nitrogen and oxygen atoms in total. The zero-order valence-electron chi connectivity index (χ0n) is 12.6. The topological polar surface area (TPSA) is 39.1 Å². The fraction of sp³-hybridized carbons (Fsp3) is 0.438. The molecule has 0 spiro atoms. The van der Waals surface area contributed by atoms with Crippen molar-refractivity contribution in [2.75, 3.05) is 6.61 Å². The van der Waals surface area contributed by atoms with Gasteiger partial charge in [0, 0.05) is 37.5 Å². The Balaban J connectivity index is 1.70. The number of benzene rings is 1. The molecule has 2 aromatic rings. The molecule has 22 heavy (non-hydrogen) atoms. The number of nitrogens with zero attached hydrogens (tertiary/aromatic N) is 2. The number of nitrogens with one attached hydrogen (secondary N) is 1. The lowest BCUT2D eigenvalue weighted by atomic mass is 10.0. The first-order valence-corrected chi connectivity index (χ1v) is 7.33. The number of hydrogen-bond donors (Lipinski definition) is 1. The molecule has 2 atom stereocenters. The first-order valence-electron chi connectivity index (χ1n) is 7.33. The summed E-state index contributed by atoms with van der Waals surface area (Å²) < 4.78 is 34.0. The van der Waals surface area contributed by atoms with Crippen LogP contribution in [0.2, 0.25) is 0 Å². The van der Waals surface area contributed by atoms with Crippen molar-refractivity contribution in [1.29, 1.82) is 0 Å². The van der Waals surface area contributed by atoms with Crippen LogP contribution in [0.4, 0.5) is 8.78 Å². The number of halogens is 2.